The fraction of sp³-hybridized carbons (Fsp3) is 0.263. The van der Waals surface area contributed by atoms with E-state index in [1.54, 1.807) is 25.1 Å². The van der Waals surface area contributed by atoms with Crippen molar-refractivity contribution >= 4 is 43.5 Å². The average molecular weight is 485 g/mol. The molecule has 0 radical (unpaired) electrons. The van der Waals surface area contributed by atoms with E-state index in [1.807, 2.05) is 0 Å². The van der Waals surface area contributed by atoms with Crippen LogP contribution in [0.1, 0.15) is 23.7 Å². The van der Waals surface area contributed by atoms with Crippen molar-refractivity contribution in [2.24, 2.45) is 0 Å². The van der Waals surface area contributed by atoms with Crippen molar-refractivity contribution < 1.29 is 27.5 Å². The van der Waals surface area contributed by atoms with Crippen molar-refractivity contribution in [2.45, 2.75) is 18.2 Å². The monoisotopic (exact) mass is 484 g/mol. The summed E-state index contributed by atoms with van der Waals surface area (Å²) >= 11 is 3.30. The summed E-state index contributed by atoms with van der Waals surface area (Å²) in [6.07, 6.45) is 0.0332. The molecule has 0 bridgehead atoms. The van der Waals surface area contributed by atoms with Gasteiger partial charge in [-0.05, 0) is 59.3 Å². The van der Waals surface area contributed by atoms with E-state index in [1.165, 1.54) is 31.4 Å². The number of carbonyl (C=O) groups excluding carboxylic acids is 2. The van der Waals surface area contributed by atoms with Crippen LogP contribution in [0, 0.1) is 0 Å². The highest BCUT2D eigenvalue weighted by molar-refractivity contribution is 9.10. The van der Waals surface area contributed by atoms with Gasteiger partial charge >= 0.3 is 5.97 Å². The van der Waals surface area contributed by atoms with Crippen molar-refractivity contribution in [3.63, 3.8) is 0 Å². The summed E-state index contributed by atoms with van der Waals surface area (Å²) in [5.74, 6) is -0.341. The van der Waals surface area contributed by atoms with Crippen molar-refractivity contribution in [1.82, 2.24) is 5.32 Å². The number of carbonyl (C=O) groups is 2. The molecule has 2 aromatic carbocycles. The number of halogens is 1. The number of hydrogen-bond donors (Lipinski definition) is 2. The second-order valence-electron chi connectivity index (χ2n) is 5.79. The molecule has 0 saturated heterocycles. The number of amides is 1. The zero-order valence-corrected chi connectivity index (χ0v) is 18.3. The Balaban J connectivity index is 2.09. The molecule has 0 atom stereocenters. The van der Waals surface area contributed by atoms with Gasteiger partial charge in [-0.3, -0.25) is 14.3 Å². The average Bonchev–Trinajstić information content (AvgIpc) is 2.68. The minimum atomic E-state index is -3.91. The molecule has 0 heterocycles. The van der Waals surface area contributed by atoms with E-state index in [0.717, 1.165) is 0 Å². The van der Waals surface area contributed by atoms with Crippen LogP contribution in [0.25, 0.3) is 0 Å². The molecule has 2 rings (SSSR count). The van der Waals surface area contributed by atoms with Gasteiger partial charge in [0.2, 0.25) is 0 Å². The lowest BCUT2D eigenvalue weighted by atomic mass is 10.2. The molecule has 29 heavy (non-hydrogen) atoms. The van der Waals surface area contributed by atoms with Crippen molar-refractivity contribution in [3.05, 3.63) is 52.5 Å². The van der Waals surface area contributed by atoms with Gasteiger partial charge in [0.05, 0.1) is 35.2 Å². The van der Waals surface area contributed by atoms with E-state index < -0.39 is 21.9 Å². The molecular formula is C19H21BrN2O6S. The minimum Gasteiger partial charge on any atom is -0.496 e. The molecule has 1 amide bonds. The lowest BCUT2D eigenvalue weighted by Crippen LogP contribution is -2.26. The Kier molecular flexibility index (Phi) is 8.03. The van der Waals surface area contributed by atoms with Gasteiger partial charge in [-0.2, -0.15) is 0 Å². The van der Waals surface area contributed by atoms with Crippen LogP contribution in [0.15, 0.2) is 51.8 Å². The molecule has 0 fully saturated rings. The molecule has 10 heteroatoms. The zero-order valence-electron chi connectivity index (χ0n) is 15.9. The number of benzene rings is 2. The maximum atomic E-state index is 12.7. The number of anilines is 1. The molecule has 0 spiro atoms. The fourth-order valence-electron chi connectivity index (χ4n) is 2.36. The molecule has 0 saturated carbocycles. The number of rotatable bonds is 9. The lowest BCUT2D eigenvalue weighted by Gasteiger charge is -2.11. The number of ether oxygens (including phenoxy) is 2. The van der Waals surface area contributed by atoms with Crippen molar-refractivity contribution in [3.8, 4) is 5.75 Å². The van der Waals surface area contributed by atoms with E-state index in [-0.39, 0.29) is 30.0 Å². The molecule has 2 N–H and O–H groups in total. The Hall–Kier alpha value is -2.59. The Labute approximate surface area is 177 Å². The summed E-state index contributed by atoms with van der Waals surface area (Å²) in [5, 5.41) is 2.56. The molecule has 0 aromatic heterocycles. The van der Waals surface area contributed by atoms with Gasteiger partial charge in [0.25, 0.3) is 15.9 Å². The second kappa shape index (κ2) is 10.3. The maximum absolute atomic E-state index is 12.7. The molecule has 0 aliphatic heterocycles. The van der Waals surface area contributed by atoms with E-state index in [0.29, 0.717) is 15.9 Å². The summed E-state index contributed by atoms with van der Waals surface area (Å²) in [5.41, 5.74) is 0.495. The van der Waals surface area contributed by atoms with Crippen LogP contribution in [-0.4, -0.2) is 40.6 Å². The van der Waals surface area contributed by atoms with Crippen LogP contribution in [0.5, 0.6) is 5.75 Å². The predicted octanol–water partition coefficient (Wildman–Crippen LogP) is 2.94. The van der Waals surface area contributed by atoms with Gasteiger partial charge in [-0.15, -0.1) is 0 Å². The molecule has 0 unspecified atom stereocenters. The third-order valence-electron chi connectivity index (χ3n) is 3.73. The van der Waals surface area contributed by atoms with Crippen LogP contribution in [0.3, 0.4) is 0 Å². The lowest BCUT2D eigenvalue weighted by molar-refractivity contribution is -0.142. The Morgan fingerprint density at radius 1 is 1.14 bits per heavy atom. The Morgan fingerprint density at radius 2 is 1.90 bits per heavy atom. The van der Waals surface area contributed by atoms with E-state index in [2.05, 4.69) is 26.0 Å². The maximum Gasteiger partial charge on any atom is 0.307 e. The summed E-state index contributed by atoms with van der Waals surface area (Å²) < 4.78 is 38.3. The highest BCUT2D eigenvalue weighted by Crippen LogP contribution is 2.29. The largest absolute Gasteiger partial charge is 0.496 e. The number of nitrogens with one attached hydrogen (secondary N) is 2. The van der Waals surface area contributed by atoms with E-state index in [4.69, 9.17) is 9.47 Å². The summed E-state index contributed by atoms with van der Waals surface area (Å²) in [6.45, 7) is 2.05. The smallest absolute Gasteiger partial charge is 0.307 e. The quantitative estimate of drug-likeness (QED) is 0.529. The van der Waals surface area contributed by atoms with Gasteiger partial charge in [-0.25, -0.2) is 8.42 Å². The van der Waals surface area contributed by atoms with Gasteiger partial charge in [-0.1, -0.05) is 6.07 Å². The first kappa shape index (κ1) is 22.7. The predicted molar refractivity (Wildman–Crippen MR) is 112 cm³/mol. The topological polar surface area (TPSA) is 111 Å². The van der Waals surface area contributed by atoms with Gasteiger partial charge in [0, 0.05) is 12.1 Å². The van der Waals surface area contributed by atoms with Gasteiger partial charge in [0.1, 0.15) is 5.75 Å². The van der Waals surface area contributed by atoms with Crippen LogP contribution in [0.4, 0.5) is 5.69 Å². The third-order valence-corrected chi connectivity index (χ3v) is 5.73. The third kappa shape index (κ3) is 6.47. The van der Waals surface area contributed by atoms with Gasteiger partial charge < -0.3 is 14.8 Å². The highest BCUT2D eigenvalue weighted by Gasteiger charge is 2.17. The SMILES string of the molecule is CCOC(=O)CCNC(=O)c1cccc(S(=O)(=O)Nc2ccc(OC)c(Br)c2)c1. The van der Waals surface area contributed by atoms with Crippen molar-refractivity contribution in [2.75, 3.05) is 25.0 Å². The standard InChI is InChI=1S/C19H21BrN2O6S/c1-3-28-18(23)9-10-21-19(24)13-5-4-6-15(11-13)29(25,26)22-14-7-8-17(27-2)16(20)12-14/h4-8,11-12,22H,3,9-10H2,1-2H3,(H,21,24). The molecule has 8 nitrogen and oxygen atoms in total. The Morgan fingerprint density at radius 3 is 2.55 bits per heavy atom. The first-order valence-electron chi connectivity index (χ1n) is 8.67. The normalized spacial score (nSPS) is 10.9. The van der Waals surface area contributed by atoms with Crippen LogP contribution < -0.4 is 14.8 Å². The molecule has 0 aliphatic carbocycles. The summed E-state index contributed by atoms with van der Waals surface area (Å²) in [7, 11) is -2.41. The minimum absolute atomic E-state index is 0.0332. The summed E-state index contributed by atoms with van der Waals surface area (Å²) in [4.78, 5) is 23.5. The molecule has 0 aliphatic rings. The van der Waals surface area contributed by atoms with E-state index >= 15 is 0 Å². The number of hydrogen-bond acceptors (Lipinski definition) is 6. The number of sulfonamides is 1. The highest BCUT2D eigenvalue weighted by atomic mass is 79.9. The molecular weight excluding hydrogens is 464 g/mol. The second-order valence-corrected chi connectivity index (χ2v) is 8.33. The van der Waals surface area contributed by atoms with Crippen LogP contribution >= 0.6 is 15.9 Å². The number of methoxy groups -OCH3 is 1. The first-order chi connectivity index (χ1) is 13.8. The zero-order chi connectivity index (χ0) is 21.4. The van der Waals surface area contributed by atoms with Gasteiger partial charge in [0.15, 0.2) is 0 Å². The first-order valence-corrected chi connectivity index (χ1v) is 10.9. The van der Waals surface area contributed by atoms with Crippen molar-refractivity contribution in [1.29, 1.82) is 0 Å². The van der Waals surface area contributed by atoms with E-state index in [9.17, 15) is 18.0 Å². The summed E-state index contributed by atoms with van der Waals surface area (Å²) in [6, 6.07) is 10.4. The molecule has 156 valence electrons. The number of esters is 1. The molecule has 2 aromatic rings. The fourth-order valence-corrected chi connectivity index (χ4v) is 4.00. The van der Waals surface area contributed by atoms with Crippen LogP contribution in [0.2, 0.25) is 0 Å². The van der Waals surface area contributed by atoms with Crippen LogP contribution in [-0.2, 0) is 19.6 Å². The Bertz CT molecular complexity index is 994.